The fraction of sp³-hybridized carbons (Fsp3) is 0.292. The molecule has 3 rings (SSSR count). The summed E-state index contributed by atoms with van der Waals surface area (Å²) in [6, 6.07) is 13.2. The Bertz CT molecular complexity index is 1170. The molecule has 162 valence electrons. The maximum Gasteiger partial charge on any atom is 0.340 e. The number of carbonyl (C=O) groups is 2. The van der Waals surface area contributed by atoms with Crippen LogP contribution in [0.5, 0.6) is 5.75 Å². The zero-order valence-electron chi connectivity index (χ0n) is 17.7. The van der Waals surface area contributed by atoms with Crippen LogP contribution in [0.4, 0.5) is 5.69 Å². The minimum Gasteiger partial charge on any atom is -0.506 e. The second kappa shape index (κ2) is 9.93. The van der Waals surface area contributed by atoms with E-state index in [0.29, 0.717) is 17.5 Å². The molecule has 2 aromatic carbocycles. The lowest BCUT2D eigenvalue weighted by molar-refractivity contribution is 0.0499. The highest BCUT2D eigenvalue weighted by atomic mass is 16.5. The number of anilines is 1. The normalized spacial score (nSPS) is 10.8. The fourth-order valence-corrected chi connectivity index (χ4v) is 3.41. The molecule has 0 unspecified atom stereocenters. The average molecular weight is 422 g/mol. The number of pyridine rings is 1. The Kier molecular flexibility index (Phi) is 7.07. The summed E-state index contributed by atoms with van der Waals surface area (Å²) in [5.74, 6) is -1.75. The van der Waals surface area contributed by atoms with E-state index in [1.54, 1.807) is 48.5 Å². The predicted molar refractivity (Wildman–Crippen MR) is 120 cm³/mol. The SMILES string of the molecule is CCCCCCOC(=O)c1ccccc1NC(=O)c1c(O)c2ccccc2n(C)c1=O. The van der Waals surface area contributed by atoms with Crippen LogP contribution in [0.25, 0.3) is 10.9 Å². The van der Waals surface area contributed by atoms with Gasteiger partial charge in [-0.05, 0) is 30.7 Å². The Morgan fingerprint density at radius 2 is 1.74 bits per heavy atom. The van der Waals surface area contributed by atoms with E-state index in [-0.39, 0.29) is 16.8 Å². The number of unbranched alkanes of at least 4 members (excludes halogenated alkanes) is 3. The van der Waals surface area contributed by atoms with Gasteiger partial charge in [-0.1, -0.05) is 50.5 Å². The first-order valence-corrected chi connectivity index (χ1v) is 10.3. The zero-order valence-corrected chi connectivity index (χ0v) is 17.7. The molecule has 1 heterocycles. The van der Waals surface area contributed by atoms with Gasteiger partial charge >= 0.3 is 5.97 Å². The second-order valence-corrected chi connectivity index (χ2v) is 7.30. The molecule has 0 aliphatic rings. The van der Waals surface area contributed by atoms with Crippen molar-refractivity contribution in [1.82, 2.24) is 4.57 Å². The number of rotatable bonds is 8. The fourth-order valence-electron chi connectivity index (χ4n) is 3.41. The van der Waals surface area contributed by atoms with E-state index in [9.17, 15) is 19.5 Å². The molecule has 31 heavy (non-hydrogen) atoms. The number of benzene rings is 2. The highest BCUT2D eigenvalue weighted by molar-refractivity contribution is 6.11. The molecule has 0 spiro atoms. The highest BCUT2D eigenvalue weighted by Crippen LogP contribution is 2.27. The summed E-state index contributed by atoms with van der Waals surface area (Å²) >= 11 is 0. The standard InChI is InChI=1S/C24H26N2O5/c1-3-4-5-10-15-31-24(30)16-11-6-8-13-18(16)25-22(28)20-21(27)17-12-7-9-14-19(17)26(2)23(20)29/h6-9,11-14,27H,3-5,10,15H2,1-2H3,(H,25,28). The molecular weight excluding hydrogens is 396 g/mol. The smallest absolute Gasteiger partial charge is 0.340 e. The summed E-state index contributed by atoms with van der Waals surface area (Å²) in [5, 5.41) is 13.6. The van der Waals surface area contributed by atoms with Crippen molar-refractivity contribution in [3.63, 3.8) is 0 Å². The molecule has 0 saturated carbocycles. The molecule has 7 nitrogen and oxygen atoms in total. The van der Waals surface area contributed by atoms with E-state index >= 15 is 0 Å². The van der Waals surface area contributed by atoms with Crippen LogP contribution < -0.4 is 10.9 Å². The third-order valence-corrected chi connectivity index (χ3v) is 5.13. The molecule has 0 atom stereocenters. The van der Waals surface area contributed by atoms with E-state index in [0.717, 1.165) is 25.7 Å². The predicted octanol–water partition coefficient (Wildman–Crippen LogP) is 4.23. The van der Waals surface area contributed by atoms with Crippen molar-refractivity contribution in [3.8, 4) is 5.75 Å². The van der Waals surface area contributed by atoms with Gasteiger partial charge in [0, 0.05) is 12.4 Å². The maximum atomic E-state index is 12.9. The van der Waals surface area contributed by atoms with Crippen LogP contribution in [0.3, 0.4) is 0 Å². The first-order valence-electron chi connectivity index (χ1n) is 10.3. The quantitative estimate of drug-likeness (QED) is 0.418. The van der Waals surface area contributed by atoms with Crippen LogP contribution >= 0.6 is 0 Å². The van der Waals surface area contributed by atoms with Gasteiger partial charge < -0.3 is 19.7 Å². The minimum absolute atomic E-state index is 0.184. The van der Waals surface area contributed by atoms with Gasteiger partial charge in [0.1, 0.15) is 11.3 Å². The number of nitrogens with zero attached hydrogens (tertiary/aromatic N) is 1. The van der Waals surface area contributed by atoms with Gasteiger partial charge in [0.25, 0.3) is 11.5 Å². The molecule has 0 saturated heterocycles. The van der Waals surface area contributed by atoms with Crippen molar-refractivity contribution < 1.29 is 19.4 Å². The summed E-state index contributed by atoms with van der Waals surface area (Å²) in [6.07, 6.45) is 3.92. The first-order chi connectivity index (χ1) is 15.0. The summed E-state index contributed by atoms with van der Waals surface area (Å²) < 4.78 is 6.63. The first kappa shape index (κ1) is 22.1. The Morgan fingerprint density at radius 3 is 2.52 bits per heavy atom. The van der Waals surface area contributed by atoms with Crippen LogP contribution in [-0.2, 0) is 11.8 Å². The Balaban J connectivity index is 1.85. The highest BCUT2D eigenvalue weighted by Gasteiger charge is 2.23. The molecule has 0 radical (unpaired) electrons. The lowest BCUT2D eigenvalue weighted by Gasteiger charge is -2.13. The number of nitrogens with one attached hydrogen (secondary N) is 1. The largest absolute Gasteiger partial charge is 0.506 e. The average Bonchev–Trinajstić information content (AvgIpc) is 2.78. The molecule has 0 fully saturated rings. The number of aryl methyl sites for hydroxylation is 1. The molecule has 1 amide bonds. The summed E-state index contributed by atoms with van der Waals surface area (Å²) in [6.45, 7) is 2.40. The molecule has 0 aliphatic heterocycles. The van der Waals surface area contributed by atoms with Crippen molar-refractivity contribution in [3.05, 3.63) is 70.0 Å². The van der Waals surface area contributed by atoms with Crippen LogP contribution in [0.15, 0.2) is 53.3 Å². The molecule has 2 N–H and O–H groups in total. The van der Waals surface area contributed by atoms with E-state index in [1.165, 1.54) is 11.6 Å². The van der Waals surface area contributed by atoms with E-state index in [1.807, 2.05) is 0 Å². The van der Waals surface area contributed by atoms with E-state index in [2.05, 4.69) is 12.2 Å². The summed E-state index contributed by atoms with van der Waals surface area (Å²) in [7, 11) is 1.53. The van der Waals surface area contributed by atoms with Crippen LogP contribution in [-0.4, -0.2) is 28.2 Å². The van der Waals surface area contributed by atoms with Crippen molar-refractivity contribution in [2.24, 2.45) is 7.05 Å². The van der Waals surface area contributed by atoms with Gasteiger partial charge in [-0.25, -0.2) is 4.79 Å². The Morgan fingerprint density at radius 1 is 1.03 bits per heavy atom. The van der Waals surface area contributed by atoms with Crippen molar-refractivity contribution in [1.29, 1.82) is 0 Å². The Hall–Kier alpha value is -3.61. The zero-order chi connectivity index (χ0) is 22.4. The molecule has 0 bridgehead atoms. The molecule has 7 heteroatoms. The number of para-hydroxylation sites is 2. The van der Waals surface area contributed by atoms with Gasteiger partial charge in [-0.15, -0.1) is 0 Å². The van der Waals surface area contributed by atoms with E-state index < -0.39 is 23.2 Å². The third kappa shape index (κ3) is 4.77. The monoisotopic (exact) mass is 422 g/mol. The molecule has 1 aromatic heterocycles. The summed E-state index contributed by atoms with van der Waals surface area (Å²) in [5.41, 5.74) is -0.119. The molecule has 0 aliphatic carbocycles. The topological polar surface area (TPSA) is 97.6 Å². The van der Waals surface area contributed by atoms with Gasteiger partial charge in [-0.2, -0.15) is 0 Å². The van der Waals surface area contributed by atoms with Gasteiger partial charge in [-0.3, -0.25) is 9.59 Å². The minimum atomic E-state index is -0.799. The number of hydrogen-bond donors (Lipinski definition) is 2. The van der Waals surface area contributed by atoms with Crippen molar-refractivity contribution in [2.45, 2.75) is 32.6 Å². The number of amides is 1. The second-order valence-electron chi connectivity index (χ2n) is 7.30. The number of aromatic hydroxyl groups is 1. The summed E-state index contributed by atoms with van der Waals surface area (Å²) in [4.78, 5) is 38.1. The van der Waals surface area contributed by atoms with Gasteiger partial charge in [0.2, 0.25) is 0 Å². The number of carbonyl (C=O) groups excluding carboxylic acids is 2. The van der Waals surface area contributed by atoms with Crippen LogP contribution in [0.2, 0.25) is 0 Å². The number of hydrogen-bond acceptors (Lipinski definition) is 5. The van der Waals surface area contributed by atoms with Crippen LogP contribution in [0.1, 0.15) is 53.3 Å². The van der Waals surface area contributed by atoms with Crippen LogP contribution in [0, 0.1) is 0 Å². The van der Waals surface area contributed by atoms with Crippen molar-refractivity contribution >= 4 is 28.5 Å². The number of aromatic nitrogens is 1. The number of fused-ring (bicyclic) bond motifs is 1. The van der Waals surface area contributed by atoms with E-state index in [4.69, 9.17) is 4.74 Å². The maximum absolute atomic E-state index is 12.9. The number of ether oxygens (including phenoxy) is 1. The Labute approximate surface area is 180 Å². The molecular formula is C24H26N2O5. The van der Waals surface area contributed by atoms with Gasteiger partial charge in [0.15, 0.2) is 0 Å². The van der Waals surface area contributed by atoms with Gasteiger partial charge in [0.05, 0.1) is 23.4 Å². The molecule has 3 aromatic rings. The lowest BCUT2D eigenvalue weighted by Crippen LogP contribution is -2.28. The third-order valence-electron chi connectivity index (χ3n) is 5.13. The lowest BCUT2D eigenvalue weighted by atomic mass is 10.1. The van der Waals surface area contributed by atoms with Crippen molar-refractivity contribution in [2.75, 3.05) is 11.9 Å². The number of esters is 1.